The van der Waals surface area contributed by atoms with E-state index in [1.165, 1.54) is 6.26 Å². The van der Waals surface area contributed by atoms with E-state index in [1.807, 2.05) is 6.92 Å². The van der Waals surface area contributed by atoms with Crippen molar-refractivity contribution < 1.29 is 13.2 Å². The number of carbonyl (C=O) groups excluding carboxylic acids is 1. The van der Waals surface area contributed by atoms with Gasteiger partial charge in [-0.3, -0.25) is 4.79 Å². The van der Waals surface area contributed by atoms with Crippen LogP contribution in [-0.4, -0.2) is 32.4 Å². The van der Waals surface area contributed by atoms with Gasteiger partial charge in [-0.25, -0.2) is 8.42 Å². The molecule has 0 saturated heterocycles. The van der Waals surface area contributed by atoms with Crippen LogP contribution in [0.3, 0.4) is 0 Å². The van der Waals surface area contributed by atoms with Crippen molar-refractivity contribution in [1.29, 1.82) is 0 Å². The topological polar surface area (TPSA) is 63.2 Å². The van der Waals surface area contributed by atoms with Gasteiger partial charge in [-0.15, -0.1) is 0 Å². The SMILES string of the molecule is CCC(CS(C)(=O)=O)NC(=O)C(C)(C)C. The van der Waals surface area contributed by atoms with Crippen molar-refractivity contribution in [1.82, 2.24) is 5.32 Å². The highest BCUT2D eigenvalue weighted by atomic mass is 32.2. The van der Waals surface area contributed by atoms with Gasteiger partial charge < -0.3 is 5.32 Å². The van der Waals surface area contributed by atoms with Crippen LogP contribution in [0.1, 0.15) is 34.1 Å². The first kappa shape index (κ1) is 14.4. The lowest BCUT2D eigenvalue weighted by Gasteiger charge is -2.23. The van der Waals surface area contributed by atoms with E-state index in [4.69, 9.17) is 0 Å². The first-order valence-electron chi connectivity index (χ1n) is 5.05. The van der Waals surface area contributed by atoms with Crippen LogP contribution in [0.25, 0.3) is 0 Å². The van der Waals surface area contributed by atoms with Crippen LogP contribution in [0.4, 0.5) is 0 Å². The van der Waals surface area contributed by atoms with Crippen molar-refractivity contribution in [2.24, 2.45) is 5.41 Å². The van der Waals surface area contributed by atoms with Crippen LogP contribution in [0.2, 0.25) is 0 Å². The number of hydrogen-bond acceptors (Lipinski definition) is 3. The number of rotatable bonds is 4. The van der Waals surface area contributed by atoms with Gasteiger partial charge in [0.05, 0.1) is 5.75 Å². The Hall–Kier alpha value is -0.580. The molecule has 0 radical (unpaired) electrons. The molecule has 1 amide bonds. The summed E-state index contributed by atoms with van der Waals surface area (Å²) >= 11 is 0. The Bertz CT molecular complexity index is 314. The average Bonchev–Trinajstić information content (AvgIpc) is 1.98. The lowest BCUT2D eigenvalue weighted by molar-refractivity contribution is -0.129. The fourth-order valence-electron chi connectivity index (χ4n) is 1.03. The van der Waals surface area contributed by atoms with E-state index >= 15 is 0 Å². The Morgan fingerprint density at radius 2 is 1.80 bits per heavy atom. The van der Waals surface area contributed by atoms with E-state index in [0.29, 0.717) is 6.42 Å². The predicted octanol–water partition coefficient (Wildman–Crippen LogP) is 0.972. The first-order chi connectivity index (χ1) is 6.56. The van der Waals surface area contributed by atoms with E-state index in [9.17, 15) is 13.2 Å². The number of hydrogen-bond donors (Lipinski definition) is 1. The van der Waals surface area contributed by atoms with Crippen LogP contribution in [0.15, 0.2) is 0 Å². The van der Waals surface area contributed by atoms with Gasteiger partial charge in [-0.2, -0.15) is 0 Å². The molecular formula is C10H21NO3S. The number of sulfone groups is 1. The van der Waals surface area contributed by atoms with Crippen LogP contribution >= 0.6 is 0 Å². The molecule has 0 aliphatic carbocycles. The number of amides is 1. The zero-order chi connectivity index (χ0) is 12.3. The molecule has 15 heavy (non-hydrogen) atoms. The van der Waals surface area contributed by atoms with Crippen LogP contribution in [0.5, 0.6) is 0 Å². The second kappa shape index (κ2) is 4.96. The largest absolute Gasteiger partial charge is 0.352 e. The molecule has 0 heterocycles. The molecule has 1 atom stereocenters. The lowest BCUT2D eigenvalue weighted by atomic mass is 9.95. The van der Waals surface area contributed by atoms with Crippen LogP contribution in [-0.2, 0) is 14.6 Å². The van der Waals surface area contributed by atoms with Gasteiger partial charge >= 0.3 is 0 Å². The Balaban J connectivity index is 4.42. The standard InChI is InChI=1S/C10H21NO3S/c1-6-8(7-15(5,13)14)11-9(12)10(2,3)4/h8H,6-7H2,1-5H3,(H,11,12). The van der Waals surface area contributed by atoms with Crippen molar-refractivity contribution in [3.63, 3.8) is 0 Å². The molecule has 1 unspecified atom stereocenters. The van der Waals surface area contributed by atoms with Crippen molar-refractivity contribution in [3.05, 3.63) is 0 Å². The smallest absolute Gasteiger partial charge is 0.225 e. The summed E-state index contributed by atoms with van der Waals surface area (Å²) in [7, 11) is -3.04. The van der Waals surface area contributed by atoms with Crippen LogP contribution < -0.4 is 5.32 Å². The monoisotopic (exact) mass is 235 g/mol. The Kier molecular flexibility index (Phi) is 4.77. The zero-order valence-corrected chi connectivity index (χ0v) is 10.9. The highest BCUT2D eigenvalue weighted by Gasteiger charge is 2.24. The molecule has 90 valence electrons. The molecular weight excluding hydrogens is 214 g/mol. The second-order valence-electron chi connectivity index (χ2n) is 4.92. The highest BCUT2D eigenvalue weighted by Crippen LogP contribution is 2.13. The molecule has 0 fully saturated rings. The van der Waals surface area contributed by atoms with Crippen LogP contribution in [0, 0.1) is 5.41 Å². The van der Waals surface area contributed by atoms with Gasteiger partial charge in [0.15, 0.2) is 0 Å². The summed E-state index contributed by atoms with van der Waals surface area (Å²) in [6, 6.07) is -0.285. The summed E-state index contributed by atoms with van der Waals surface area (Å²) in [6.45, 7) is 7.26. The second-order valence-corrected chi connectivity index (χ2v) is 7.11. The summed E-state index contributed by atoms with van der Waals surface area (Å²) in [5.41, 5.74) is -0.481. The Morgan fingerprint density at radius 3 is 2.07 bits per heavy atom. The van der Waals surface area contributed by atoms with Gasteiger partial charge in [0.25, 0.3) is 0 Å². The molecule has 0 bridgehead atoms. The van der Waals surface area contributed by atoms with Gasteiger partial charge in [-0.05, 0) is 6.42 Å². The van der Waals surface area contributed by atoms with Crippen molar-refractivity contribution in [2.75, 3.05) is 12.0 Å². The third-order valence-corrected chi connectivity index (χ3v) is 3.02. The third kappa shape index (κ3) is 6.49. The highest BCUT2D eigenvalue weighted by molar-refractivity contribution is 7.90. The minimum absolute atomic E-state index is 0.00528. The fourth-order valence-corrected chi connectivity index (χ4v) is 2.08. The summed E-state index contributed by atoms with van der Waals surface area (Å²) < 4.78 is 22.2. The molecule has 0 aromatic rings. The summed E-state index contributed by atoms with van der Waals surface area (Å²) in [5, 5.41) is 2.75. The summed E-state index contributed by atoms with van der Waals surface area (Å²) in [4.78, 5) is 11.6. The lowest BCUT2D eigenvalue weighted by Crippen LogP contribution is -2.44. The maximum Gasteiger partial charge on any atom is 0.225 e. The normalized spacial score (nSPS) is 14.7. The maximum atomic E-state index is 11.6. The average molecular weight is 235 g/mol. The maximum absolute atomic E-state index is 11.6. The Labute approximate surface area is 92.4 Å². The molecule has 4 nitrogen and oxygen atoms in total. The Morgan fingerprint density at radius 1 is 1.33 bits per heavy atom. The summed E-state index contributed by atoms with van der Waals surface area (Å²) in [6.07, 6.45) is 1.80. The zero-order valence-electron chi connectivity index (χ0n) is 10.1. The molecule has 0 aliphatic rings. The number of carbonyl (C=O) groups is 1. The minimum atomic E-state index is -3.04. The van der Waals surface area contributed by atoms with Crippen molar-refractivity contribution >= 4 is 15.7 Å². The van der Waals surface area contributed by atoms with Crippen molar-refractivity contribution in [2.45, 2.75) is 40.2 Å². The fraction of sp³-hybridized carbons (Fsp3) is 0.900. The molecule has 0 rings (SSSR count). The van der Waals surface area contributed by atoms with Crippen molar-refractivity contribution in [3.8, 4) is 0 Å². The first-order valence-corrected chi connectivity index (χ1v) is 7.11. The van der Waals surface area contributed by atoms with E-state index in [-0.39, 0.29) is 17.7 Å². The van der Waals surface area contributed by atoms with E-state index in [1.54, 1.807) is 20.8 Å². The molecule has 0 spiro atoms. The minimum Gasteiger partial charge on any atom is -0.352 e. The number of nitrogens with one attached hydrogen (secondary N) is 1. The molecule has 0 aromatic heterocycles. The van der Waals surface area contributed by atoms with Gasteiger partial charge in [0.2, 0.25) is 5.91 Å². The molecule has 1 N–H and O–H groups in total. The molecule has 0 saturated carbocycles. The molecule has 5 heteroatoms. The molecule has 0 aliphatic heterocycles. The van der Waals surface area contributed by atoms with Gasteiger partial charge in [0, 0.05) is 17.7 Å². The van der Waals surface area contributed by atoms with E-state index in [2.05, 4.69) is 5.32 Å². The predicted molar refractivity (Wildman–Crippen MR) is 61.4 cm³/mol. The van der Waals surface area contributed by atoms with E-state index < -0.39 is 15.3 Å². The van der Waals surface area contributed by atoms with Gasteiger partial charge in [0.1, 0.15) is 9.84 Å². The third-order valence-electron chi connectivity index (χ3n) is 2.01. The van der Waals surface area contributed by atoms with Gasteiger partial charge in [-0.1, -0.05) is 27.7 Å². The quantitative estimate of drug-likeness (QED) is 0.790. The summed E-state index contributed by atoms with van der Waals surface area (Å²) in [5.74, 6) is -0.108. The van der Waals surface area contributed by atoms with E-state index in [0.717, 1.165) is 0 Å². The molecule has 0 aromatic carbocycles.